The van der Waals surface area contributed by atoms with Gasteiger partial charge in [0.05, 0.1) is 4.90 Å². The summed E-state index contributed by atoms with van der Waals surface area (Å²) in [7, 11) is -3.65. The molecular formula is C19H22N2O5S. The van der Waals surface area contributed by atoms with Crippen LogP contribution in [0, 0.1) is 13.8 Å². The summed E-state index contributed by atoms with van der Waals surface area (Å²) in [5.41, 5.74) is 2.49. The van der Waals surface area contributed by atoms with Gasteiger partial charge in [0.25, 0.3) is 0 Å². The topological polar surface area (TPSA) is 93.7 Å². The number of nitrogens with one attached hydrogen (secondary N) is 2. The molecule has 0 bridgehead atoms. The van der Waals surface area contributed by atoms with Crippen LogP contribution in [0.5, 0.6) is 11.5 Å². The van der Waals surface area contributed by atoms with Gasteiger partial charge in [0.15, 0.2) is 11.5 Å². The van der Waals surface area contributed by atoms with E-state index in [1.54, 1.807) is 36.4 Å². The van der Waals surface area contributed by atoms with Crippen LogP contribution in [-0.4, -0.2) is 34.1 Å². The van der Waals surface area contributed by atoms with Crippen LogP contribution in [0.1, 0.15) is 17.5 Å². The summed E-state index contributed by atoms with van der Waals surface area (Å²) in [5.74, 6) is 0.921. The van der Waals surface area contributed by atoms with Crippen molar-refractivity contribution in [2.45, 2.75) is 25.2 Å². The molecule has 2 aromatic rings. The second-order valence-electron chi connectivity index (χ2n) is 6.30. The number of carbonyl (C=O) groups excluding carboxylic acids is 1. The average molecular weight is 390 g/mol. The first kappa shape index (κ1) is 19.2. The summed E-state index contributed by atoms with van der Waals surface area (Å²) in [4.78, 5) is 12.3. The first-order valence-electron chi connectivity index (χ1n) is 8.61. The Morgan fingerprint density at radius 3 is 2.48 bits per heavy atom. The van der Waals surface area contributed by atoms with Gasteiger partial charge in [-0.15, -0.1) is 0 Å². The van der Waals surface area contributed by atoms with E-state index in [9.17, 15) is 13.2 Å². The van der Waals surface area contributed by atoms with Crippen LogP contribution in [0.3, 0.4) is 0 Å². The van der Waals surface area contributed by atoms with Crippen molar-refractivity contribution in [1.82, 2.24) is 4.72 Å². The quantitative estimate of drug-likeness (QED) is 0.790. The zero-order valence-corrected chi connectivity index (χ0v) is 16.1. The van der Waals surface area contributed by atoms with Gasteiger partial charge in [-0.2, -0.15) is 0 Å². The van der Waals surface area contributed by atoms with Crippen LogP contribution in [0.15, 0.2) is 41.3 Å². The van der Waals surface area contributed by atoms with Gasteiger partial charge in [-0.25, -0.2) is 13.1 Å². The molecule has 0 atom stereocenters. The van der Waals surface area contributed by atoms with Crippen LogP contribution < -0.4 is 19.5 Å². The fourth-order valence-corrected chi connectivity index (χ4v) is 3.72. The lowest BCUT2D eigenvalue weighted by Crippen LogP contribution is -2.28. The van der Waals surface area contributed by atoms with Crippen LogP contribution in [0.2, 0.25) is 0 Å². The fourth-order valence-electron chi connectivity index (χ4n) is 2.61. The number of carbonyl (C=O) groups is 1. The van der Waals surface area contributed by atoms with Crippen molar-refractivity contribution in [3.8, 4) is 11.5 Å². The number of hydrogen-bond donors (Lipinski definition) is 2. The normalized spacial score (nSPS) is 13.3. The Morgan fingerprint density at radius 2 is 1.74 bits per heavy atom. The van der Waals surface area contributed by atoms with E-state index in [2.05, 4.69) is 10.0 Å². The summed E-state index contributed by atoms with van der Waals surface area (Å²) in [5, 5.41) is 2.73. The zero-order chi connectivity index (χ0) is 19.4. The van der Waals surface area contributed by atoms with E-state index in [1.165, 1.54) is 0 Å². The Bertz CT molecular complexity index is 957. The standard InChI is InChI=1S/C19H22N2O5S/c1-13-3-5-16(11-14(13)2)27(23,24)20-8-7-19(22)21-15-4-6-17-18(12-15)26-10-9-25-17/h3-6,11-12,20H,7-10H2,1-2H3,(H,21,22). The maximum Gasteiger partial charge on any atom is 0.240 e. The van der Waals surface area contributed by atoms with Gasteiger partial charge >= 0.3 is 0 Å². The molecule has 3 rings (SSSR count). The molecular weight excluding hydrogens is 368 g/mol. The maximum absolute atomic E-state index is 12.3. The highest BCUT2D eigenvalue weighted by Crippen LogP contribution is 2.32. The van der Waals surface area contributed by atoms with Gasteiger partial charge in [0.1, 0.15) is 13.2 Å². The van der Waals surface area contributed by atoms with Crippen LogP contribution in [-0.2, 0) is 14.8 Å². The van der Waals surface area contributed by atoms with Crippen molar-refractivity contribution >= 4 is 21.6 Å². The molecule has 0 saturated heterocycles. The summed E-state index contributed by atoms with van der Waals surface area (Å²) in [6.45, 7) is 4.74. The average Bonchev–Trinajstić information content (AvgIpc) is 2.63. The van der Waals surface area contributed by atoms with Crippen molar-refractivity contribution < 1.29 is 22.7 Å². The van der Waals surface area contributed by atoms with Crippen molar-refractivity contribution in [1.29, 1.82) is 0 Å². The molecule has 0 aromatic heterocycles. The zero-order valence-electron chi connectivity index (χ0n) is 15.2. The summed E-state index contributed by atoms with van der Waals surface area (Å²) in [6.07, 6.45) is 0.0124. The lowest BCUT2D eigenvalue weighted by atomic mass is 10.1. The molecule has 144 valence electrons. The molecule has 2 aromatic carbocycles. The van der Waals surface area contributed by atoms with Gasteiger partial charge in [0.2, 0.25) is 15.9 Å². The molecule has 1 aliphatic heterocycles. The highest BCUT2D eigenvalue weighted by Gasteiger charge is 2.16. The third-order valence-electron chi connectivity index (χ3n) is 4.26. The Hall–Kier alpha value is -2.58. The Balaban J connectivity index is 1.54. The number of hydrogen-bond acceptors (Lipinski definition) is 5. The van der Waals surface area contributed by atoms with Gasteiger partial charge in [-0.3, -0.25) is 4.79 Å². The number of sulfonamides is 1. The van der Waals surface area contributed by atoms with Crippen molar-refractivity contribution in [2.75, 3.05) is 25.1 Å². The van der Waals surface area contributed by atoms with Crippen LogP contribution in [0.4, 0.5) is 5.69 Å². The Morgan fingerprint density at radius 1 is 1.00 bits per heavy atom. The van der Waals surface area contributed by atoms with Gasteiger partial charge in [-0.1, -0.05) is 6.07 Å². The molecule has 1 heterocycles. The van der Waals surface area contributed by atoms with Gasteiger partial charge in [-0.05, 0) is 49.2 Å². The third-order valence-corrected chi connectivity index (χ3v) is 5.72. The fraction of sp³-hybridized carbons (Fsp3) is 0.316. The van der Waals surface area contributed by atoms with Crippen LogP contribution in [0.25, 0.3) is 0 Å². The number of rotatable bonds is 6. The van der Waals surface area contributed by atoms with E-state index in [-0.39, 0.29) is 23.8 Å². The third kappa shape index (κ3) is 4.78. The van der Waals surface area contributed by atoms with E-state index in [4.69, 9.17) is 9.47 Å². The van der Waals surface area contributed by atoms with Crippen molar-refractivity contribution in [3.63, 3.8) is 0 Å². The largest absolute Gasteiger partial charge is 0.486 e. The summed E-state index contributed by atoms with van der Waals surface area (Å²) >= 11 is 0. The molecule has 27 heavy (non-hydrogen) atoms. The van der Waals surface area contributed by atoms with Crippen molar-refractivity contribution in [3.05, 3.63) is 47.5 Å². The van der Waals surface area contributed by atoms with E-state index in [0.717, 1.165) is 11.1 Å². The second-order valence-corrected chi connectivity index (χ2v) is 8.07. The number of benzene rings is 2. The highest BCUT2D eigenvalue weighted by atomic mass is 32.2. The predicted octanol–water partition coefficient (Wildman–Crippen LogP) is 2.38. The Kier molecular flexibility index (Phi) is 5.67. The minimum Gasteiger partial charge on any atom is -0.486 e. The molecule has 8 heteroatoms. The lowest BCUT2D eigenvalue weighted by Gasteiger charge is -2.19. The lowest BCUT2D eigenvalue weighted by molar-refractivity contribution is -0.116. The molecule has 0 radical (unpaired) electrons. The number of anilines is 1. The number of aryl methyl sites for hydroxylation is 2. The first-order valence-corrected chi connectivity index (χ1v) is 10.1. The van der Waals surface area contributed by atoms with E-state index in [0.29, 0.717) is 30.4 Å². The number of amides is 1. The second kappa shape index (κ2) is 7.98. The van der Waals surface area contributed by atoms with Crippen molar-refractivity contribution in [2.24, 2.45) is 0 Å². The van der Waals surface area contributed by atoms with E-state index >= 15 is 0 Å². The smallest absolute Gasteiger partial charge is 0.240 e. The van der Waals surface area contributed by atoms with Crippen LogP contribution >= 0.6 is 0 Å². The maximum atomic E-state index is 12.3. The molecule has 2 N–H and O–H groups in total. The summed E-state index contributed by atoms with van der Waals surface area (Å²) < 4.78 is 38.0. The minimum absolute atomic E-state index is 0.00560. The summed E-state index contributed by atoms with van der Waals surface area (Å²) in [6, 6.07) is 10.1. The molecule has 0 unspecified atom stereocenters. The molecule has 1 amide bonds. The number of ether oxygens (including phenoxy) is 2. The van der Waals surface area contributed by atoms with Gasteiger partial charge in [0, 0.05) is 24.7 Å². The van der Waals surface area contributed by atoms with E-state index in [1.807, 2.05) is 13.8 Å². The Labute approximate surface area is 158 Å². The molecule has 0 fully saturated rings. The SMILES string of the molecule is Cc1ccc(S(=O)(=O)NCCC(=O)Nc2ccc3c(c2)OCCO3)cc1C. The van der Waals surface area contributed by atoms with Gasteiger partial charge < -0.3 is 14.8 Å². The monoisotopic (exact) mass is 390 g/mol. The molecule has 7 nitrogen and oxygen atoms in total. The molecule has 1 aliphatic rings. The number of fused-ring (bicyclic) bond motifs is 1. The molecule has 0 spiro atoms. The molecule has 0 aliphatic carbocycles. The molecule has 0 saturated carbocycles. The first-order chi connectivity index (χ1) is 12.8. The highest BCUT2D eigenvalue weighted by molar-refractivity contribution is 7.89. The minimum atomic E-state index is -3.65. The predicted molar refractivity (Wildman–Crippen MR) is 102 cm³/mol. The van der Waals surface area contributed by atoms with E-state index < -0.39 is 10.0 Å².